The van der Waals surface area contributed by atoms with Crippen molar-refractivity contribution in [3.8, 4) is 40.1 Å². The molecule has 9 atom stereocenters. The Morgan fingerprint density at radius 3 is 2.02 bits per heavy atom. The summed E-state index contributed by atoms with van der Waals surface area (Å²) in [5, 5.41) is 101. The first-order valence-electron chi connectivity index (χ1n) is 12.6. The van der Waals surface area contributed by atoms with Crippen molar-refractivity contribution in [2.75, 3.05) is 13.2 Å². The fourth-order valence-electron chi connectivity index (χ4n) is 4.77. The Morgan fingerprint density at radius 2 is 1.38 bits per heavy atom. The molecule has 1 aromatic heterocycles. The highest BCUT2D eigenvalue weighted by Crippen LogP contribution is 2.40. The van der Waals surface area contributed by atoms with Gasteiger partial charge in [0, 0.05) is 17.7 Å². The summed E-state index contributed by atoms with van der Waals surface area (Å²) in [7, 11) is 0. The van der Waals surface area contributed by atoms with E-state index >= 15 is 0 Å². The van der Waals surface area contributed by atoms with Crippen LogP contribution in [0, 0.1) is 0 Å². The van der Waals surface area contributed by atoms with E-state index in [1.807, 2.05) is 0 Å². The van der Waals surface area contributed by atoms with Crippen LogP contribution in [-0.2, 0) is 14.2 Å². The van der Waals surface area contributed by atoms with E-state index in [0.29, 0.717) is 0 Å². The monoisotopic (exact) mass is 596 g/mol. The van der Waals surface area contributed by atoms with Gasteiger partial charge < -0.3 is 74.4 Å². The average molecular weight is 596 g/mol. The average Bonchev–Trinajstić information content (AvgIpc) is 3.22. The molecule has 0 unspecified atom stereocenters. The van der Waals surface area contributed by atoms with Gasteiger partial charge in [-0.05, 0) is 18.2 Å². The normalized spacial score (nSPS) is 31.4. The second kappa shape index (κ2) is 11.5. The third-order valence-corrected chi connectivity index (χ3v) is 7.00. The van der Waals surface area contributed by atoms with Gasteiger partial charge in [-0.1, -0.05) is 0 Å². The lowest BCUT2D eigenvalue weighted by Crippen LogP contribution is -2.62. The van der Waals surface area contributed by atoms with Crippen molar-refractivity contribution < 1.29 is 74.4 Å². The smallest absolute Gasteiger partial charge is 0.239 e. The van der Waals surface area contributed by atoms with Crippen molar-refractivity contribution in [1.82, 2.24) is 0 Å². The van der Waals surface area contributed by atoms with Crippen molar-refractivity contribution in [3.63, 3.8) is 0 Å². The van der Waals surface area contributed by atoms with Crippen molar-refractivity contribution in [3.05, 3.63) is 40.6 Å². The number of rotatable bonds is 7. The van der Waals surface area contributed by atoms with Crippen molar-refractivity contribution in [2.45, 2.75) is 55.3 Å². The fourth-order valence-corrected chi connectivity index (χ4v) is 4.77. The molecule has 42 heavy (non-hydrogen) atoms. The number of hydrogen-bond acceptors (Lipinski definition) is 16. The first-order valence-corrected chi connectivity index (χ1v) is 12.6. The Kier molecular flexibility index (Phi) is 8.17. The standard InChI is InChI=1S/C26H28O16/c27-6-14-17(33)20(36)24(42-25-21(37)18(34)15(7-28)39-25)26(40-14)41-23-19(35)16-12(32)4-9(29)5-13(16)38-22(23)8-1-2-10(30)11(31)3-8/h1-5,14-15,17-18,20-21,24-34,36-37H,6-7H2/t14-,15-,17+,18+,20+,21-,24-,25+,26+/m1/s1. The number of aliphatic hydroxyl groups is 6. The quantitative estimate of drug-likeness (QED) is 0.131. The molecular weight excluding hydrogens is 568 g/mol. The Balaban J connectivity index is 1.62. The van der Waals surface area contributed by atoms with Gasteiger partial charge in [0.2, 0.25) is 17.5 Å². The molecule has 5 rings (SSSR count). The maximum Gasteiger partial charge on any atom is 0.239 e. The van der Waals surface area contributed by atoms with Crippen molar-refractivity contribution in [2.24, 2.45) is 0 Å². The summed E-state index contributed by atoms with van der Waals surface area (Å²) in [6.45, 7) is -1.53. The second-order valence-electron chi connectivity index (χ2n) is 9.76. The predicted molar refractivity (Wildman–Crippen MR) is 136 cm³/mol. The maximum absolute atomic E-state index is 13.7. The summed E-state index contributed by atoms with van der Waals surface area (Å²) in [5.41, 5.74) is -1.38. The predicted octanol–water partition coefficient (Wildman–Crippen LogP) is -2.08. The van der Waals surface area contributed by atoms with Gasteiger partial charge in [0.25, 0.3) is 0 Å². The number of hydrogen-bond donors (Lipinski definition) is 10. The molecule has 0 radical (unpaired) electrons. The molecule has 2 fully saturated rings. The summed E-state index contributed by atoms with van der Waals surface area (Å²) < 4.78 is 28.1. The maximum atomic E-state index is 13.7. The molecule has 2 aromatic carbocycles. The largest absolute Gasteiger partial charge is 0.508 e. The number of phenolic OH excluding ortho intramolecular Hbond substituents is 4. The van der Waals surface area contributed by atoms with Crippen LogP contribution in [0.1, 0.15) is 0 Å². The number of phenols is 4. The van der Waals surface area contributed by atoms with Gasteiger partial charge in [-0.25, -0.2) is 0 Å². The number of aliphatic hydroxyl groups excluding tert-OH is 6. The van der Waals surface area contributed by atoms with Crippen LogP contribution in [0.3, 0.4) is 0 Å². The molecule has 0 amide bonds. The molecule has 16 heteroatoms. The van der Waals surface area contributed by atoms with Crippen molar-refractivity contribution >= 4 is 11.0 Å². The molecule has 2 aliphatic heterocycles. The van der Waals surface area contributed by atoms with E-state index in [-0.39, 0.29) is 11.1 Å². The summed E-state index contributed by atoms with van der Waals surface area (Å²) in [5.74, 6) is -3.39. The van der Waals surface area contributed by atoms with Gasteiger partial charge in [-0.3, -0.25) is 4.79 Å². The lowest BCUT2D eigenvalue weighted by molar-refractivity contribution is -0.320. The fraction of sp³-hybridized carbons (Fsp3) is 0.423. The molecule has 2 saturated heterocycles. The number of fused-ring (bicyclic) bond motifs is 1. The van der Waals surface area contributed by atoms with Gasteiger partial charge in [0.15, 0.2) is 29.7 Å². The van der Waals surface area contributed by atoms with Crippen LogP contribution in [0.25, 0.3) is 22.3 Å². The Bertz CT molecular complexity index is 1510. The number of benzene rings is 2. The first kappa shape index (κ1) is 29.8. The third-order valence-electron chi connectivity index (χ3n) is 7.00. The minimum atomic E-state index is -1.90. The zero-order chi connectivity index (χ0) is 30.5. The van der Waals surface area contributed by atoms with Crippen LogP contribution in [0.2, 0.25) is 0 Å². The number of ether oxygens (including phenoxy) is 4. The third kappa shape index (κ3) is 5.19. The van der Waals surface area contributed by atoms with Crippen LogP contribution in [0.15, 0.2) is 39.5 Å². The van der Waals surface area contributed by atoms with Crippen LogP contribution < -0.4 is 10.2 Å². The highest BCUT2D eigenvalue weighted by molar-refractivity contribution is 5.88. The van der Waals surface area contributed by atoms with Crippen LogP contribution >= 0.6 is 0 Å². The van der Waals surface area contributed by atoms with E-state index in [9.17, 15) is 55.9 Å². The van der Waals surface area contributed by atoms with Gasteiger partial charge in [-0.15, -0.1) is 0 Å². The topological polar surface area (TPSA) is 269 Å². The van der Waals surface area contributed by atoms with E-state index in [4.69, 9.17) is 23.4 Å². The molecule has 3 heterocycles. The molecule has 2 aliphatic rings. The summed E-state index contributed by atoms with van der Waals surface area (Å²) >= 11 is 0. The lowest BCUT2D eigenvalue weighted by atomic mass is 9.99. The van der Waals surface area contributed by atoms with Gasteiger partial charge >= 0.3 is 0 Å². The molecule has 10 N–H and O–H groups in total. The SMILES string of the molecule is O=c1c(O[C@@H]2O[C@H](CO)[C@H](O)[C@H](O)[C@H]2O[C@@H]2O[C@H](CO)[C@H](O)[C@H]2O)c(-c2ccc(O)c(O)c2)oc2cc(O)cc(O)c12. The lowest BCUT2D eigenvalue weighted by Gasteiger charge is -2.42. The minimum Gasteiger partial charge on any atom is -0.508 e. The van der Waals surface area contributed by atoms with Crippen molar-refractivity contribution in [1.29, 1.82) is 0 Å². The Labute approximate surface area is 235 Å². The molecule has 3 aromatic rings. The Morgan fingerprint density at radius 1 is 0.738 bits per heavy atom. The van der Waals surface area contributed by atoms with Gasteiger partial charge in [0.1, 0.15) is 59.1 Å². The summed E-state index contributed by atoms with van der Waals surface area (Å²) in [4.78, 5) is 13.7. The highest BCUT2D eigenvalue weighted by Gasteiger charge is 2.51. The molecule has 16 nitrogen and oxygen atoms in total. The second-order valence-corrected chi connectivity index (χ2v) is 9.76. The van der Waals surface area contributed by atoms with Gasteiger partial charge in [-0.2, -0.15) is 0 Å². The van der Waals surface area contributed by atoms with E-state index in [1.54, 1.807) is 0 Å². The highest BCUT2D eigenvalue weighted by atomic mass is 16.8. The zero-order valence-corrected chi connectivity index (χ0v) is 21.4. The zero-order valence-electron chi connectivity index (χ0n) is 21.4. The minimum absolute atomic E-state index is 0.0434. The summed E-state index contributed by atoms with van der Waals surface area (Å²) in [6, 6.07) is 5.21. The number of aromatic hydroxyl groups is 4. The molecule has 228 valence electrons. The molecular formula is C26H28O16. The van der Waals surface area contributed by atoms with Gasteiger partial charge in [0.05, 0.1) is 13.2 Å². The van der Waals surface area contributed by atoms with Crippen LogP contribution in [0.4, 0.5) is 0 Å². The Hall–Kier alpha value is -3.71. The first-order chi connectivity index (χ1) is 19.9. The van der Waals surface area contributed by atoms with E-state index in [1.165, 1.54) is 6.07 Å². The molecule has 0 aliphatic carbocycles. The van der Waals surface area contributed by atoms with E-state index < -0.39 is 114 Å². The molecule has 0 bridgehead atoms. The van der Waals surface area contributed by atoms with E-state index in [2.05, 4.69) is 0 Å². The summed E-state index contributed by atoms with van der Waals surface area (Å²) in [6.07, 6.45) is -15.1. The van der Waals surface area contributed by atoms with E-state index in [0.717, 1.165) is 24.3 Å². The van der Waals surface area contributed by atoms with Crippen LogP contribution in [-0.4, -0.2) is 120 Å². The molecule has 0 spiro atoms. The molecule has 0 saturated carbocycles. The van der Waals surface area contributed by atoms with Crippen LogP contribution in [0.5, 0.6) is 28.7 Å².